The number of hydrogen-bond donors (Lipinski definition) is 1. The normalized spacial score (nSPS) is 11.8. The van der Waals surface area contributed by atoms with Crippen molar-refractivity contribution in [3.05, 3.63) is 34.4 Å². The number of hydrogen-bond acceptors (Lipinski definition) is 2. The van der Waals surface area contributed by atoms with Crippen LogP contribution in [0.1, 0.15) is 31.3 Å². The van der Waals surface area contributed by atoms with Gasteiger partial charge in [-0.05, 0) is 42.8 Å². The van der Waals surface area contributed by atoms with Gasteiger partial charge in [0.05, 0.1) is 4.47 Å². The highest BCUT2D eigenvalue weighted by molar-refractivity contribution is 9.10. The van der Waals surface area contributed by atoms with E-state index in [0.29, 0.717) is 5.69 Å². The summed E-state index contributed by atoms with van der Waals surface area (Å²) in [6.45, 7) is 5.55. The molecule has 0 aliphatic rings. The van der Waals surface area contributed by atoms with Crippen molar-refractivity contribution in [3.8, 4) is 0 Å². The third-order valence-electron chi connectivity index (χ3n) is 2.25. The van der Waals surface area contributed by atoms with E-state index >= 15 is 0 Å². The maximum absolute atomic E-state index is 12.0. The van der Waals surface area contributed by atoms with Gasteiger partial charge < -0.3 is 9.72 Å². The molecule has 0 saturated heterocycles. The van der Waals surface area contributed by atoms with Crippen LogP contribution in [0.5, 0.6) is 0 Å². The minimum absolute atomic E-state index is 0.347. The van der Waals surface area contributed by atoms with Gasteiger partial charge in [0.15, 0.2) is 0 Å². The Bertz CT molecular complexity index is 566. The summed E-state index contributed by atoms with van der Waals surface area (Å²) in [6.07, 6.45) is 0. The second kappa shape index (κ2) is 4.18. The molecule has 2 aromatic rings. The summed E-state index contributed by atoms with van der Waals surface area (Å²) >= 11 is 3.43. The number of aromatic nitrogens is 1. The zero-order valence-corrected chi connectivity index (χ0v) is 11.6. The molecule has 0 atom stereocenters. The molecular formula is C13H14BrNO2. The number of carbonyl (C=O) groups excluding carboxylic acids is 1. The molecule has 0 aliphatic heterocycles. The van der Waals surface area contributed by atoms with Crippen molar-refractivity contribution >= 4 is 32.8 Å². The molecule has 1 heterocycles. The Labute approximate surface area is 108 Å². The molecule has 1 aromatic carbocycles. The quantitative estimate of drug-likeness (QED) is 0.811. The number of aromatic amines is 1. The third-order valence-corrected chi connectivity index (χ3v) is 3.07. The van der Waals surface area contributed by atoms with E-state index < -0.39 is 5.60 Å². The third kappa shape index (κ3) is 2.52. The molecule has 17 heavy (non-hydrogen) atoms. The van der Waals surface area contributed by atoms with Gasteiger partial charge in [-0.1, -0.05) is 18.2 Å². The van der Waals surface area contributed by atoms with Crippen LogP contribution >= 0.6 is 15.9 Å². The lowest BCUT2D eigenvalue weighted by Crippen LogP contribution is -2.24. The van der Waals surface area contributed by atoms with Crippen LogP contribution in [0, 0.1) is 0 Å². The Hall–Kier alpha value is -1.29. The lowest BCUT2D eigenvalue weighted by Gasteiger charge is -2.18. The van der Waals surface area contributed by atoms with Crippen molar-refractivity contribution in [2.75, 3.05) is 0 Å². The maximum Gasteiger partial charge on any atom is 0.356 e. The molecule has 0 unspecified atom stereocenters. The van der Waals surface area contributed by atoms with Crippen molar-refractivity contribution in [2.24, 2.45) is 0 Å². The molecule has 0 amide bonds. The van der Waals surface area contributed by atoms with Crippen molar-refractivity contribution < 1.29 is 9.53 Å². The van der Waals surface area contributed by atoms with E-state index in [0.717, 1.165) is 15.4 Å². The summed E-state index contributed by atoms with van der Waals surface area (Å²) in [5.41, 5.74) is 0.884. The van der Waals surface area contributed by atoms with Crippen LogP contribution in [0.2, 0.25) is 0 Å². The molecule has 1 N–H and O–H groups in total. The molecule has 0 fully saturated rings. The molecule has 0 bridgehead atoms. The van der Waals surface area contributed by atoms with Crippen LogP contribution in [0.15, 0.2) is 28.7 Å². The van der Waals surface area contributed by atoms with E-state index in [9.17, 15) is 4.79 Å². The number of H-pyrrole nitrogens is 1. The van der Waals surface area contributed by atoms with E-state index in [2.05, 4.69) is 20.9 Å². The molecule has 4 heteroatoms. The topological polar surface area (TPSA) is 42.1 Å². The number of esters is 1. The van der Waals surface area contributed by atoms with Gasteiger partial charge in [-0.2, -0.15) is 0 Å². The Morgan fingerprint density at radius 1 is 1.29 bits per heavy atom. The van der Waals surface area contributed by atoms with Gasteiger partial charge in [-0.3, -0.25) is 0 Å². The minimum Gasteiger partial charge on any atom is -0.455 e. The summed E-state index contributed by atoms with van der Waals surface area (Å²) in [4.78, 5) is 15.0. The van der Waals surface area contributed by atoms with Gasteiger partial charge >= 0.3 is 5.97 Å². The Balaban J connectivity index is 2.43. The first-order valence-corrected chi connectivity index (χ1v) is 6.17. The minimum atomic E-state index is -0.492. The molecule has 0 spiro atoms. The lowest BCUT2D eigenvalue weighted by molar-refractivity contribution is 0.00628. The molecular weight excluding hydrogens is 282 g/mol. The molecule has 90 valence electrons. The SMILES string of the molecule is CC(C)(C)OC(=O)c1[nH]c2ccccc2c1Br. The van der Waals surface area contributed by atoms with E-state index in [1.54, 1.807) is 0 Å². The smallest absolute Gasteiger partial charge is 0.356 e. The van der Waals surface area contributed by atoms with Gasteiger partial charge in [0, 0.05) is 10.9 Å². The van der Waals surface area contributed by atoms with Crippen LogP contribution in [-0.2, 0) is 4.74 Å². The predicted octanol–water partition coefficient (Wildman–Crippen LogP) is 3.89. The van der Waals surface area contributed by atoms with E-state index in [-0.39, 0.29) is 5.97 Å². The summed E-state index contributed by atoms with van der Waals surface area (Å²) in [7, 11) is 0. The van der Waals surface area contributed by atoms with Crippen molar-refractivity contribution in [3.63, 3.8) is 0 Å². The second-order valence-corrected chi connectivity index (χ2v) is 5.65. The van der Waals surface area contributed by atoms with Crippen LogP contribution in [0.3, 0.4) is 0 Å². The molecule has 0 aliphatic carbocycles. The van der Waals surface area contributed by atoms with Gasteiger partial charge in [0.1, 0.15) is 11.3 Å². The zero-order valence-electron chi connectivity index (χ0n) is 10.0. The second-order valence-electron chi connectivity index (χ2n) is 4.86. The van der Waals surface area contributed by atoms with Crippen molar-refractivity contribution in [1.29, 1.82) is 0 Å². The summed E-state index contributed by atoms with van der Waals surface area (Å²) < 4.78 is 6.09. The number of rotatable bonds is 1. The Kier molecular flexibility index (Phi) is 3.00. The van der Waals surface area contributed by atoms with Gasteiger partial charge in [0.25, 0.3) is 0 Å². The van der Waals surface area contributed by atoms with Crippen LogP contribution in [0.4, 0.5) is 0 Å². The van der Waals surface area contributed by atoms with Gasteiger partial charge in [-0.15, -0.1) is 0 Å². The monoisotopic (exact) mass is 295 g/mol. The molecule has 0 radical (unpaired) electrons. The Morgan fingerprint density at radius 3 is 2.53 bits per heavy atom. The summed E-state index contributed by atoms with van der Waals surface area (Å²) in [6, 6.07) is 7.72. The zero-order chi connectivity index (χ0) is 12.6. The molecule has 0 saturated carbocycles. The summed E-state index contributed by atoms with van der Waals surface area (Å²) in [5, 5.41) is 0.980. The number of benzene rings is 1. The highest BCUT2D eigenvalue weighted by atomic mass is 79.9. The lowest BCUT2D eigenvalue weighted by atomic mass is 10.2. The molecule has 2 rings (SSSR count). The number of fused-ring (bicyclic) bond motifs is 1. The summed E-state index contributed by atoms with van der Waals surface area (Å²) in [5.74, 6) is -0.347. The number of halogens is 1. The Morgan fingerprint density at radius 2 is 1.94 bits per heavy atom. The van der Waals surface area contributed by atoms with E-state index in [1.165, 1.54) is 0 Å². The number of ether oxygens (including phenoxy) is 1. The average Bonchev–Trinajstić information content (AvgIpc) is 2.55. The average molecular weight is 296 g/mol. The highest BCUT2D eigenvalue weighted by Crippen LogP contribution is 2.28. The number of nitrogens with one attached hydrogen (secondary N) is 1. The largest absolute Gasteiger partial charge is 0.455 e. The first-order chi connectivity index (χ1) is 7.88. The van der Waals surface area contributed by atoms with Crippen molar-refractivity contribution in [1.82, 2.24) is 4.98 Å². The number of carbonyl (C=O) groups is 1. The first-order valence-electron chi connectivity index (χ1n) is 5.38. The van der Waals surface area contributed by atoms with E-state index in [4.69, 9.17) is 4.74 Å². The molecule has 3 nitrogen and oxygen atoms in total. The van der Waals surface area contributed by atoms with Crippen LogP contribution < -0.4 is 0 Å². The first kappa shape index (κ1) is 12.2. The maximum atomic E-state index is 12.0. The number of para-hydroxylation sites is 1. The standard InChI is InChI=1S/C13H14BrNO2/c1-13(2,3)17-12(16)11-10(14)8-6-4-5-7-9(8)15-11/h4-7,15H,1-3H3. The van der Waals surface area contributed by atoms with Gasteiger partial charge in [-0.25, -0.2) is 4.79 Å². The van der Waals surface area contributed by atoms with E-state index in [1.807, 2.05) is 45.0 Å². The van der Waals surface area contributed by atoms with Crippen molar-refractivity contribution in [2.45, 2.75) is 26.4 Å². The predicted molar refractivity (Wildman–Crippen MR) is 71.2 cm³/mol. The highest BCUT2D eigenvalue weighted by Gasteiger charge is 2.22. The fraction of sp³-hybridized carbons (Fsp3) is 0.308. The molecule has 1 aromatic heterocycles. The fourth-order valence-electron chi connectivity index (χ4n) is 1.58. The van der Waals surface area contributed by atoms with Crippen LogP contribution in [0.25, 0.3) is 10.9 Å². The van der Waals surface area contributed by atoms with Crippen LogP contribution in [-0.4, -0.2) is 16.6 Å². The fourth-order valence-corrected chi connectivity index (χ4v) is 2.18. The van der Waals surface area contributed by atoms with Gasteiger partial charge in [0.2, 0.25) is 0 Å².